The maximum Gasteiger partial charge on any atom is 0.320 e. The van der Waals surface area contributed by atoms with Crippen LogP contribution in [0.4, 0.5) is 0 Å². The molecule has 92 valence electrons. The highest BCUT2D eigenvalue weighted by Crippen LogP contribution is 2.30. The summed E-state index contributed by atoms with van der Waals surface area (Å²) in [6, 6.07) is 3.30. The zero-order valence-electron chi connectivity index (χ0n) is 9.58. The number of nitrogens with two attached hydrogens (primary N) is 1. The summed E-state index contributed by atoms with van der Waals surface area (Å²) in [5.74, 6) is -0.946. The number of carbonyl (C=O) groups is 1. The second-order valence-electron chi connectivity index (χ2n) is 4.57. The molecule has 1 aromatic carbocycles. The van der Waals surface area contributed by atoms with Crippen LogP contribution in [0, 0.1) is 0 Å². The van der Waals surface area contributed by atoms with E-state index in [1.807, 2.05) is 6.07 Å². The SMILES string of the molecule is NC(Cc1cc(Br)c2c(c1)CCCC2)C(=O)O. The fraction of sp³-hybridized carbons (Fsp3) is 0.462. The fourth-order valence-electron chi connectivity index (χ4n) is 2.34. The molecule has 0 spiro atoms. The minimum atomic E-state index is -0.946. The number of aryl methyl sites for hydroxylation is 1. The van der Waals surface area contributed by atoms with Crippen molar-refractivity contribution in [2.45, 2.75) is 38.1 Å². The van der Waals surface area contributed by atoms with Gasteiger partial charge in [-0.05, 0) is 54.9 Å². The maximum absolute atomic E-state index is 10.7. The summed E-state index contributed by atoms with van der Waals surface area (Å²) in [7, 11) is 0. The van der Waals surface area contributed by atoms with Crippen LogP contribution in [0.3, 0.4) is 0 Å². The zero-order chi connectivity index (χ0) is 12.4. The van der Waals surface area contributed by atoms with Gasteiger partial charge in [-0.2, -0.15) is 0 Å². The van der Waals surface area contributed by atoms with Gasteiger partial charge in [0.25, 0.3) is 0 Å². The number of benzene rings is 1. The predicted octanol–water partition coefficient (Wildman–Crippen LogP) is 2.28. The van der Waals surface area contributed by atoms with E-state index in [0.29, 0.717) is 6.42 Å². The van der Waals surface area contributed by atoms with Crippen molar-refractivity contribution in [3.8, 4) is 0 Å². The highest BCUT2D eigenvalue weighted by atomic mass is 79.9. The summed E-state index contributed by atoms with van der Waals surface area (Å²) in [5, 5.41) is 8.81. The molecule has 3 N–H and O–H groups in total. The van der Waals surface area contributed by atoms with Crippen LogP contribution in [-0.4, -0.2) is 17.1 Å². The van der Waals surface area contributed by atoms with Crippen molar-refractivity contribution in [3.05, 3.63) is 33.3 Å². The molecule has 4 heteroatoms. The third kappa shape index (κ3) is 2.87. The fourth-order valence-corrected chi connectivity index (χ4v) is 3.08. The van der Waals surface area contributed by atoms with Crippen molar-refractivity contribution in [1.82, 2.24) is 0 Å². The lowest BCUT2D eigenvalue weighted by Gasteiger charge is -2.19. The van der Waals surface area contributed by atoms with Gasteiger partial charge in [-0.3, -0.25) is 4.79 Å². The molecule has 0 heterocycles. The van der Waals surface area contributed by atoms with Crippen molar-refractivity contribution in [1.29, 1.82) is 0 Å². The number of rotatable bonds is 3. The smallest absolute Gasteiger partial charge is 0.320 e. The Balaban J connectivity index is 2.25. The van der Waals surface area contributed by atoms with E-state index in [2.05, 4.69) is 22.0 Å². The Labute approximate surface area is 109 Å². The first-order valence-corrected chi connectivity index (χ1v) is 6.66. The Morgan fingerprint density at radius 3 is 2.82 bits per heavy atom. The average Bonchev–Trinajstić information content (AvgIpc) is 2.29. The first-order chi connectivity index (χ1) is 8.08. The van der Waals surface area contributed by atoms with Crippen molar-refractivity contribution < 1.29 is 9.90 Å². The van der Waals surface area contributed by atoms with Gasteiger partial charge < -0.3 is 10.8 Å². The molecule has 0 aliphatic heterocycles. The van der Waals surface area contributed by atoms with Crippen LogP contribution in [0.2, 0.25) is 0 Å². The van der Waals surface area contributed by atoms with E-state index >= 15 is 0 Å². The molecular formula is C13H16BrNO2. The summed E-state index contributed by atoms with van der Waals surface area (Å²) in [4.78, 5) is 10.7. The van der Waals surface area contributed by atoms with Crippen LogP contribution in [0.5, 0.6) is 0 Å². The van der Waals surface area contributed by atoms with Crippen molar-refractivity contribution >= 4 is 21.9 Å². The minimum Gasteiger partial charge on any atom is -0.480 e. The van der Waals surface area contributed by atoms with Crippen molar-refractivity contribution in [2.75, 3.05) is 0 Å². The van der Waals surface area contributed by atoms with Gasteiger partial charge in [-0.15, -0.1) is 0 Å². The standard InChI is InChI=1S/C13H16BrNO2/c14-11-6-8(7-12(15)13(16)17)5-9-3-1-2-4-10(9)11/h5-6,12H,1-4,7,15H2,(H,16,17). The number of hydrogen-bond acceptors (Lipinski definition) is 2. The van der Waals surface area contributed by atoms with Gasteiger partial charge in [0.1, 0.15) is 6.04 Å². The van der Waals surface area contributed by atoms with E-state index in [9.17, 15) is 4.79 Å². The summed E-state index contributed by atoms with van der Waals surface area (Å²) in [6.45, 7) is 0. The van der Waals surface area contributed by atoms with Gasteiger partial charge >= 0.3 is 5.97 Å². The van der Waals surface area contributed by atoms with Gasteiger partial charge in [0, 0.05) is 4.47 Å². The van der Waals surface area contributed by atoms with Crippen LogP contribution in [-0.2, 0) is 24.1 Å². The highest BCUT2D eigenvalue weighted by Gasteiger charge is 2.17. The largest absolute Gasteiger partial charge is 0.480 e. The number of hydrogen-bond donors (Lipinski definition) is 2. The Morgan fingerprint density at radius 1 is 1.41 bits per heavy atom. The van der Waals surface area contributed by atoms with E-state index in [0.717, 1.165) is 22.9 Å². The van der Waals surface area contributed by atoms with Gasteiger partial charge in [0.05, 0.1) is 0 Å². The quantitative estimate of drug-likeness (QED) is 0.900. The molecule has 1 unspecified atom stereocenters. The number of aliphatic carboxylic acids is 1. The van der Waals surface area contributed by atoms with Crippen LogP contribution < -0.4 is 5.73 Å². The molecule has 1 aliphatic carbocycles. The van der Waals surface area contributed by atoms with Gasteiger partial charge in [-0.25, -0.2) is 0 Å². The van der Waals surface area contributed by atoms with Crippen molar-refractivity contribution in [3.63, 3.8) is 0 Å². The Hall–Kier alpha value is -0.870. The summed E-state index contributed by atoms with van der Waals surface area (Å²) < 4.78 is 1.10. The number of fused-ring (bicyclic) bond motifs is 1. The maximum atomic E-state index is 10.7. The normalized spacial score (nSPS) is 16.4. The van der Waals surface area contributed by atoms with Gasteiger partial charge in [-0.1, -0.05) is 22.0 Å². The Morgan fingerprint density at radius 2 is 2.12 bits per heavy atom. The lowest BCUT2D eigenvalue weighted by Crippen LogP contribution is -2.32. The molecule has 0 bridgehead atoms. The summed E-state index contributed by atoms with van der Waals surface area (Å²) in [5.41, 5.74) is 9.29. The van der Waals surface area contributed by atoms with Crippen LogP contribution in [0.25, 0.3) is 0 Å². The molecule has 0 fully saturated rings. The zero-order valence-corrected chi connectivity index (χ0v) is 11.2. The molecule has 2 rings (SSSR count). The second-order valence-corrected chi connectivity index (χ2v) is 5.43. The lowest BCUT2D eigenvalue weighted by molar-refractivity contribution is -0.138. The molecule has 1 aromatic rings. The van der Waals surface area contributed by atoms with E-state index < -0.39 is 12.0 Å². The molecule has 0 aromatic heterocycles. The minimum absolute atomic E-state index is 0.390. The van der Waals surface area contributed by atoms with Crippen LogP contribution in [0.15, 0.2) is 16.6 Å². The molecule has 0 radical (unpaired) electrons. The number of halogens is 1. The Bertz CT molecular complexity index is 445. The molecule has 1 aliphatic rings. The molecule has 0 saturated heterocycles. The summed E-state index contributed by atoms with van der Waals surface area (Å²) in [6.07, 6.45) is 5.04. The van der Waals surface area contributed by atoms with Crippen LogP contribution in [0.1, 0.15) is 29.5 Å². The molecule has 3 nitrogen and oxygen atoms in total. The van der Waals surface area contributed by atoms with Crippen molar-refractivity contribution in [2.24, 2.45) is 5.73 Å². The van der Waals surface area contributed by atoms with Crippen LogP contribution >= 0.6 is 15.9 Å². The molecule has 1 atom stereocenters. The first-order valence-electron chi connectivity index (χ1n) is 5.86. The molecular weight excluding hydrogens is 282 g/mol. The third-order valence-corrected chi connectivity index (χ3v) is 3.95. The molecule has 0 saturated carbocycles. The average molecular weight is 298 g/mol. The predicted molar refractivity (Wildman–Crippen MR) is 70.1 cm³/mol. The topological polar surface area (TPSA) is 63.3 Å². The molecule has 17 heavy (non-hydrogen) atoms. The Kier molecular flexibility index (Phi) is 3.84. The van der Waals surface area contributed by atoms with E-state index in [-0.39, 0.29) is 0 Å². The van der Waals surface area contributed by atoms with E-state index in [1.165, 1.54) is 24.0 Å². The van der Waals surface area contributed by atoms with Gasteiger partial charge in [0.15, 0.2) is 0 Å². The monoisotopic (exact) mass is 297 g/mol. The van der Waals surface area contributed by atoms with E-state index in [1.54, 1.807) is 0 Å². The third-order valence-electron chi connectivity index (χ3n) is 3.24. The first kappa shape index (κ1) is 12.6. The second kappa shape index (κ2) is 5.19. The number of carboxylic acids is 1. The van der Waals surface area contributed by atoms with Gasteiger partial charge in [0.2, 0.25) is 0 Å². The molecule has 0 amide bonds. The lowest BCUT2D eigenvalue weighted by atomic mass is 9.89. The summed E-state index contributed by atoms with van der Waals surface area (Å²) >= 11 is 3.57. The highest BCUT2D eigenvalue weighted by molar-refractivity contribution is 9.10. The number of carboxylic acid groups (broad SMARTS) is 1. The van der Waals surface area contributed by atoms with E-state index in [4.69, 9.17) is 10.8 Å².